The van der Waals surface area contributed by atoms with Crippen LogP contribution in [0.5, 0.6) is 11.5 Å². The number of esters is 1. The number of carbonyl (C=O) groups is 1. The molecule has 0 aliphatic heterocycles. The maximum absolute atomic E-state index is 11.9. The number of ether oxygens (including phenoxy) is 3. The SMILES string of the molecule is COC(=O)/C(=N/N(C)C)c1ccc(OCCOc2ccc3ccccc3c2)cc1. The van der Waals surface area contributed by atoms with Gasteiger partial charge in [0.15, 0.2) is 5.71 Å². The molecule has 0 saturated carbocycles. The number of hydrazone groups is 1. The number of carbonyl (C=O) groups excluding carboxylic acids is 1. The van der Waals surface area contributed by atoms with Crippen molar-refractivity contribution in [2.24, 2.45) is 5.10 Å². The molecule has 6 heteroatoms. The Morgan fingerprint density at radius 3 is 2.14 bits per heavy atom. The normalized spacial score (nSPS) is 11.2. The van der Waals surface area contributed by atoms with E-state index in [2.05, 4.69) is 17.2 Å². The predicted octanol–water partition coefficient (Wildman–Crippen LogP) is 3.74. The Labute approximate surface area is 170 Å². The van der Waals surface area contributed by atoms with E-state index in [1.54, 1.807) is 43.4 Å². The average Bonchev–Trinajstić information content (AvgIpc) is 2.75. The van der Waals surface area contributed by atoms with Gasteiger partial charge in [-0.15, -0.1) is 0 Å². The van der Waals surface area contributed by atoms with Gasteiger partial charge in [0.25, 0.3) is 0 Å². The van der Waals surface area contributed by atoms with Crippen molar-refractivity contribution in [1.29, 1.82) is 0 Å². The van der Waals surface area contributed by atoms with Gasteiger partial charge in [-0.25, -0.2) is 4.79 Å². The van der Waals surface area contributed by atoms with Crippen LogP contribution in [-0.4, -0.2) is 51.1 Å². The fraction of sp³-hybridized carbons (Fsp3) is 0.217. The van der Waals surface area contributed by atoms with Crippen molar-refractivity contribution < 1.29 is 19.0 Å². The molecule has 0 aliphatic rings. The van der Waals surface area contributed by atoms with Crippen molar-refractivity contribution in [3.05, 3.63) is 72.3 Å². The Hall–Kier alpha value is -3.54. The van der Waals surface area contributed by atoms with E-state index in [9.17, 15) is 4.79 Å². The summed E-state index contributed by atoms with van der Waals surface area (Å²) in [5.74, 6) is 1.01. The zero-order chi connectivity index (χ0) is 20.6. The number of hydrogen-bond donors (Lipinski definition) is 0. The topological polar surface area (TPSA) is 60.4 Å². The summed E-state index contributed by atoms with van der Waals surface area (Å²) < 4.78 is 16.3. The molecule has 0 heterocycles. The van der Waals surface area contributed by atoms with E-state index < -0.39 is 5.97 Å². The Bertz CT molecular complexity index is 997. The van der Waals surface area contributed by atoms with Crippen LogP contribution in [0.4, 0.5) is 0 Å². The van der Waals surface area contributed by atoms with Crippen LogP contribution in [0, 0.1) is 0 Å². The monoisotopic (exact) mass is 392 g/mol. The molecular formula is C23H24N2O4. The highest BCUT2D eigenvalue weighted by molar-refractivity contribution is 6.43. The summed E-state index contributed by atoms with van der Waals surface area (Å²) >= 11 is 0. The molecule has 0 aliphatic carbocycles. The Morgan fingerprint density at radius 2 is 1.48 bits per heavy atom. The van der Waals surface area contributed by atoms with E-state index in [-0.39, 0.29) is 5.71 Å². The molecule has 150 valence electrons. The van der Waals surface area contributed by atoms with Gasteiger partial charge in [0.2, 0.25) is 0 Å². The van der Waals surface area contributed by atoms with Gasteiger partial charge in [0.05, 0.1) is 7.11 Å². The largest absolute Gasteiger partial charge is 0.490 e. The minimum absolute atomic E-state index is 0.240. The van der Waals surface area contributed by atoms with Crippen LogP contribution < -0.4 is 9.47 Å². The van der Waals surface area contributed by atoms with E-state index in [4.69, 9.17) is 14.2 Å². The second-order valence-corrected chi connectivity index (χ2v) is 6.52. The number of rotatable bonds is 8. The number of hydrogen-bond acceptors (Lipinski definition) is 6. The maximum atomic E-state index is 11.9. The van der Waals surface area contributed by atoms with Crippen LogP contribution >= 0.6 is 0 Å². The molecule has 3 rings (SSSR count). The minimum Gasteiger partial charge on any atom is -0.490 e. The van der Waals surface area contributed by atoms with E-state index >= 15 is 0 Å². The summed E-state index contributed by atoms with van der Waals surface area (Å²) in [5, 5.41) is 8.07. The molecule has 0 amide bonds. The highest BCUT2D eigenvalue weighted by Gasteiger charge is 2.15. The third kappa shape index (κ3) is 5.48. The summed E-state index contributed by atoms with van der Waals surface area (Å²) in [5.41, 5.74) is 0.897. The molecule has 0 unspecified atom stereocenters. The van der Waals surface area contributed by atoms with Gasteiger partial charge in [-0.3, -0.25) is 0 Å². The van der Waals surface area contributed by atoms with Gasteiger partial charge in [-0.1, -0.05) is 30.3 Å². The molecule has 0 atom stereocenters. The summed E-state index contributed by atoms with van der Waals surface area (Å²) in [6.07, 6.45) is 0. The van der Waals surface area contributed by atoms with E-state index in [0.717, 1.165) is 11.1 Å². The van der Waals surface area contributed by atoms with E-state index in [0.29, 0.717) is 24.5 Å². The molecule has 3 aromatic carbocycles. The van der Waals surface area contributed by atoms with Crippen LogP contribution in [0.2, 0.25) is 0 Å². The third-order valence-corrected chi connectivity index (χ3v) is 4.15. The van der Waals surface area contributed by atoms with Gasteiger partial charge in [-0.2, -0.15) is 5.10 Å². The summed E-state index contributed by atoms with van der Waals surface area (Å²) in [7, 11) is 4.83. The predicted molar refractivity (Wildman–Crippen MR) is 114 cm³/mol. The standard InChI is InChI=1S/C23H24N2O4/c1-25(2)24-22(23(26)27-3)18-9-11-20(12-10-18)28-14-15-29-21-13-8-17-6-4-5-7-19(17)16-21/h4-13,16H,14-15H2,1-3H3/b24-22+. The zero-order valence-corrected chi connectivity index (χ0v) is 16.8. The van der Waals surface area contributed by atoms with Gasteiger partial charge < -0.3 is 19.2 Å². The Morgan fingerprint density at radius 1 is 0.862 bits per heavy atom. The van der Waals surface area contributed by atoms with E-state index in [1.165, 1.54) is 12.5 Å². The maximum Gasteiger partial charge on any atom is 0.359 e. The lowest BCUT2D eigenvalue weighted by atomic mass is 10.1. The molecule has 6 nitrogen and oxygen atoms in total. The molecule has 0 fully saturated rings. The van der Waals surface area contributed by atoms with Crippen LogP contribution in [0.15, 0.2) is 71.8 Å². The minimum atomic E-state index is -0.490. The van der Waals surface area contributed by atoms with Crippen molar-refractivity contribution in [2.75, 3.05) is 34.4 Å². The van der Waals surface area contributed by atoms with Crippen molar-refractivity contribution in [2.45, 2.75) is 0 Å². The van der Waals surface area contributed by atoms with Crippen LogP contribution in [-0.2, 0) is 9.53 Å². The molecule has 0 saturated heterocycles. The smallest absolute Gasteiger partial charge is 0.359 e. The third-order valence-electron chi connectivity index (χ3n) is 4.15. The van der Waals surface area contributed by atoms with Crippen molar-refractivity contribution in [3.63, 3.8) is 0 Å². The quantitative estimate of drug-likeness (QED) is 0.253. The summed E-state index contributed by atoms with van der Waals surface area (Å²) in [6.45, 7) is 0.831. The van der Waals surface area contributed by atoms with Crippen LogP contribution in [0.1, 0.15) is 5.56 Å². The highest BCUT2D eigenvalue weighted by Crippen LogP contribution is 2.20. The first-order chi connectivity index (χ1) is 14.1. The summed E-state index contributed by atoms with van der Waals surface area (Å²) in [4.78, 5) is 11.9. The van der Waals surface area contributed by atoms with Crippen LogP contribution in [0.25, 0.3) is 10.8 Å². The number of benzene rings is 3. The van der Waals surface area contributed by atoms with Gasteiger partial charge >= 0.3 is 5.97 Å². The zero-order valence-electron chi connectivity index (χ0n) is 16.8. The molecule has 29 heavy (non-hydrogen) atoms. The lowest BCUT2D eigenvalue weighted by molar-refractivity contribution is -0.132. The second-order valence-electron chi connectivity index (χ2n) is 6.52. The molecule has 0 bridgehead atoms. The highest BCUT2D eigenvalue weighted by atomic mass is 16.5. The van der Waals surface area contributed by atoms with Crippen molar-refractivity contribution in [1.82, 2.24) is 5.01 Å². The van der Waals surface area contributed by atoms with Crippen molar-refractivity contribution in [3.8, 4) is 11.5 Å². The first-order valence-electron chi connectivity index (χ1n) is 9.26. The van der Waals surface area contributed by atoms with E-state index in [1.807, 2.05) is 30.3 Å². The fourth-order valence-corrected chi connectivity index (χ4v) is 2.80. The molecular weight excluding hydrogens is 368 g/mol. The van der Waals surface area contributed by atoms with Gasteiger partial charge in [-0.05, 0) is 47.2 Å². The number of nitrogens with zero attached hydrogens (tertiary/aromatic N) is 2. The van der Waals surface area contributed by atoms with Crippen LogP contribution in [0.3, 0.4) is 0 Å². The summed E-state index contributed by atoms with van der Waals surface area (Å²) in [6, 6.07) is 21.3. The number of fused-ring (bicyclic) bond motifs is 1. The molecule has 0 radical (unpaired) electrons. The average molecular weight is 392 g/mol. The lowest BCUT2D eigenvalue weighted by Gasteiger charge is -2.11. The first kappa shape index (κ1) is 20.2. The van der Waals surface area contributed by atoms with Crippen molar-refractivity contribution >= 4 is 22.5 Å². The van der Waals surface area contributed by atoms with Gasteiger partial charge in [0.1, 0.15) is 24.7 Å². The molecule has 0 aromatic heterocycles. The number of methoxy groups -OCH3 is 1. The van der Waals surface area contributed by atoms with Gasteiger partial charge in [0, 0.05) is 19.7 Å². The molecule has 3 aromatic rings. The molecule has 0 N–H and O–H groups in total. The second kappa shape index (κ2) is 9.59. The molecule has 0 spiro atoms. The first-order valence-corrected chi connectivity index (χ1v) is 9.26. The lowest BCUT2D eigenvalue weighted by Crippen LogP contribution is -2.21. The Balaban J connectivity index is 1.55. The Kier molecular flexibility index (Phi) is 6.68. The fourth-order valence-electron chi connectivity index (χ4n) is 2.80.